The number of nitrogens with one attached hydrogen (secondary N) is 1. The van der Waals surface area contributed by atoms with Crippen molar-refractivity contribution in [2.75, 3.05) is 6.61 Å². The number of carbonyl (C=O) groups excluding carboxylic acids is 2. The summed E-state index contributed by atoms with van der Waals surface area (Å²) in [6.07, 6.45) is 15.5. The van der Waals surface area contributed by atoms with E-state index in [1.165, 1.54) is 12.2 Å². The Bertz CT molecular complexity index is 1020. The molecule has 2 heterocycles. The molecule has 1 N–H and O–H groups in total. The average molecular weight is 424 g/mol. The van der Waals surface area contributed by atoms with Gasteiger partial charge in [0.25, 0.3) is 5.91 Å². The van der Waals surface area contributed by atoms with Crippen LogP contribution in [-0.2, 0) is 14.3 Å². The smallest absolute Gasteiger partial charge is 0.315 e. The number of carbonyl (C=O) groups is 2. The molecule has 2 bridgehead atoms. The van der Waals surface area contributed by atoms with E-state index in [-0.39, 0.29) is 34.3 Å². The zero-order valence-electron chi connectivity index (χ0n) is 17.6. The van der Waals surface area contributed by atoms with Crippen LogP contribution in [0.4, 0.5) is 4.39 Å². The molecular weight excluding hydrogens is 397 g/mol. The van der Waals surface area contributed by atoms with Crippen molar-refractivity contribution in [3.8, 4) is 0 Å². The minimum Gasteiger partial charge on any atom is -0.465 e. The van der Waals surface area contributed by atoms with Crippen molar-refractivity contribution in [2.45, 2.75) is 51.5 Å². The lowest BCUT2D eigenvalue weighted by Gasteiger charge is -2.30. The normalized spacial score (nSPS) is 33.1. The zero-order valence-corrected chi connectivity index (χ0v) is 17.6. The van der Waals surface area contributed by atoms with Gasteiger partial charge in [0.05, 0.1) is 18.6 Å². The van der Waals surface area contributed by atoms with Crippen LogP contribution >= 0.6 is 0 Å². The molecule has 5 aliphatic rings. The Morgan fingerprint density at radius 1 is 1.26 bits per heavy atom. The summed E-state index contributed by atoms with van der Waals surface area (Å²) >= 11 is 0. The lowest BCUT2D eigenvalue weighted by Crippen LogP contribution is -2.49. The maximum absolute atomic E-state index is 13.8. The third-order valence-corrected chi connectivity index (χ3v) is 6.92. The lowest BCUT2D eigenvalue weighted by atomic mass is 9.83. The maximum Gasteiger partial charge on any atom is 0.315 e. The SMILES string of the molecule is CCOC(=O)C1C2=CC(CC2)C1NC(=O)C1=N[N+]2(C=CC=C(F)C=C2)C2=C1CCCC2. The van der Waals surface area contributed by atoms with E-state index >= 15 is 0 Å². The summed E-state index contributed by atoms with van der Waals surface area (Å²) in [6, 6.07) is -0.297. The van der Waals surface area contributed by atoms with Gasteiger partial charge in [-0.15, -0.1) is 4.59 Å². The summed E-state index contributed by atoms with van der Waals surface area (Å²) in [5, 5.41) is 7.91. The molecule has 5 rings (SSSR count). The Morgan fingerprint density at radius 2 is 2.10 bits per heavy atom. The largest absolute Gasteiger partial charge is 0.465 e. The fraction of sp³-hybridized carbons (Fsp3) is 0.458. The van der Waals surface area contributed by atoms with Gasteiger partial charge in [-0.05, 0) is 57.1 Å². The van der Waals surface area contributed by atoms with Crippen molar-refractivity contribution in [3.05, 3.63) is 59.4 Å². The van der Waals surface area contributed by atoms with E-state index in [0.717, 1.165) is 55.4 Å². The summed E-state index contributed by atoms with van der Waals surface area (Å²) < 4.78 is 19.1. The first-order chi connectivity index (χ1) is 15.0. The molecule has 0 aromatic rings. The maximum atomic E-state index is 13.8. The van der Waals surface area contributed by atoms with Gasteiger partial charge in [-0.1, -0.05) is 16.8 Å². The van der Waals surface area contributed by atoms with Gasteiger partial charge in [0.1, 0.15) is 18.2 Å². The molecule has 0 fully saturated rings. The predicted octanol–water partition coefficient (Wildman–Crippen LogP) is 3.91. The molecule has 0 saturated carbocycles. The Labute approximate surface area is 181 Å². The van der Waals surface area contributed by atoms with Crippen LogP contribution in [-0.4, -0.2) is 34.8 Å². The first-order valence-corrected chi connectivity index (χ1v) is 11.2. The molecule has 7 heteroatoms. The highest BCUT2D eigenvalue weighted by atomic mass is 19.1. The number of ether oxygens (including phenoxy) is 1. The van der Waals surface area contributed by atoms with Crippen LogP contribution in [0.3, 0.4) is 0 Å². The predicted molar refractivity (Wildman–Crippen MR) is 114 cm³/mol. The highest BCUT2D eigenvalue weighted by Crippen LogP contribution is 2.45. The molecule has 0 aromatic heterocycles. The molecule has 31 heavy (non-hydrogen) atoms. The highest BCUT2D eigenvalue weighted by molar-refractivity contribution is 6.45. The second kappa shape index (κ2) is 7.71. The first kappa shape index (κ1) is 20.1. The second-order valence-corrected chi connectivity index (χ2v) is 8.70. The fourth-order valence-corrected chi connectivity index (χ4v) is 5.55. The van der Waals surface area contributed by atoms with Crippen molar-refractivity contribution in [1.82, 2.24) is 5.32 Å². The Balaban J connectivity index is 1.44. The van der Waals surface area contributed by atoms with Gasteiger partial charge < -0.3 is 10.1 Å². The number of hydrogen-bond donors (Lipinski definition) is 1. The van der Waals surface area contributed by atoms with Crippen LogP contribution in [0.5, 0.6) is 0 Å². The van der Waals surface area contributed by atoms with Crippen LogP contribution in [0.15, 0.2) is 64.5 Å². The Hall–Kier alpha value is -2.80. The van der Waals surface area contributed by atoms with E-state index in [0.29, 0.717) is 12.3 Å². The summed E-state index contributed by atoms with van der Waals surface area (Å²) in [5.41, 5.74) is 3.46. The third-order valence-electron chi connectivity index (χ3n) is 6.92. The minimum atomic E-state index is -0.413. The van der Waals surface area contributed by atoms with Crippen LogP contribution < -0.4 is 5.32 Å². The molecule has 1 amide bonds. The van der Waals surface area contributed by atoms with Gasteiger partial charge >= 0.3 is 5.97 Å². The Kier molecular flexibility index (Phi) is 5.01. The molecule has 0 radical (unpaired) electrons. The van der Waals surface area contributed by atoms with Crippen molar-refractivity contribution in [2.24, 2.45) is 16.9 Å². The highest BCUT2D eigenvalue weighted by Gasteiger charge is 2.49. The van der Waals surface area contributed by atoms with Crippen molar-refractivity contribution in [1.29, 1.82) is 0 Å². The van der Waals surface area contributed by atoms with E-state index in [1.807, 2.05) is 6.20 Å². The van der Waals surface area contributed by atoms with Crippen LogP contribution in [0, 0.1) is 11.8 Å². The van der Waals surface area contributed by atoms with Crippen LogP contribution in [0.25, 0.3) is 0 Å². The Morgan fingerprint density at radius 3 is 2.94 bits per heavy atom. The monoisotopic (exact) mass is 424 g/mol. The van der Waals surface area contributed by atoms with Gasteiger partial charge in [-0.2, -0.15) is 0 Å². The van der Waals surface area contributed by atoms with E-state index in [2.05, 4.69) is 11.4 Å². The summed E-state index contributed by atoms with van der Waals surface area (Å²) in [7, 11) is 0. The van der Waals surface area contributed by atoms with E-state index in [9.17, 15) is 14.0 Å². The summed E-state index contributed by atoms with van der Waals surface area (Å²) in [6.45, 7) is 2.11. The van der Waals surface area contributed by atoms with Crippen LogP contribution in [0.1, 0.15) is 45.4 Å². The number of nitrogens with zero attached hydrogens (tertiary/aromatic N) is 2. The molecule has 1 spiro atoms. The molecule has 4 unspecified atom stereocenters. The van der Waals surface area contributed by atoms with Gasteiger partial charge in [0, 0.05) is 18.1 Å². The first-order valence-electron chi connectivity index (χ1n) is 11.2. The molecule has 3 aliphatic carbocycles. The average Bonchev–Trinajstić information content (AvgIpc) is 3.41. The molecular formula is C24H27FN3O3+. The molecule has 4 atom stereocenters. The van der Waals surface area contributed by atoms with Crippen molar-refractivity contribution in [3.63, 3.8) is 0 Å². The lowest BCUT2D eigenvalue weighted by molar-refractivity contribution is -0.793. The van der Waals surface area contributed by atoms with Gasteiger partial charge in [-0.3, -0.25) is 9.59 Å². The number of amides is 1. The second-order valence-electron chi connectivity index (χ2n) is 8.70. The van der Waals surface area contributed by atoms with E-state index < -0.39 is 5.92 Å². The zero-order chi connectivity index (χ0) is 21.6. The topological polar surface area (TPSA) is 67.8 Å². The summed E-state index contributed by atoms with van der Waals surface area (Å²) in [4.78, 5) is 26.0. The number of allylic oxidation sites excluding steroid dienone is 5. The molecule has 0 aromatic carbocycles. The standard InChI is InChI=1S/C24H26FN3O3/c1-2-31-24(30)20-15-9-10-16(14-15)21(20)26-23(29)22-18-7-3-4-8-19(18)28(27-22)12-5-6-17(25)11-13-28/h5-6,11-14,16,20-21H,2-4,7-10H2,1H3/p+1. The molecule has 0 saturated heterocycles. The quantitative estimate of drug-likeness (QED) is 0.423. The molecule has 162 valence electrons. The number of esters is 1. The van der Waals surface area contributed by atoms with Crippen LogP contribution in [0.2, 0.25) is 0 Å². The number of quaternary nitrogens is 1. The third kappa shape index (κ3) is 3.31. The number of fused-ring (bicyclic) bond motifs is 2. The molecule has 6 nitrogen and oxygen atoms in total. The number of hydrogen-bond acceptors (Lipinski definition) is 4. The van der Waals surface area contributed by atoms with Crippen molar-refractivity contribution < 1.29 is 23.3 Å². The molecule has 2 aliphatic heterocycles. The van der Waals surface area contributed by atoms with E-state index in [4.69, 9.17) is 9.84 Å². The van der Waals surface area contributed by atoms with Crippen molar-refractivity contribution >= 4 is 17.6 Å². The minimum absolute atomic E-state index is 0.0148. The van der Waals surface area contributed by atoms with Gasteiger partial charge in [0.2, 0.25) is 0 Å². The number of rotatable bonds is 4. The fourth-order valence-electron chi connectivity index (χ4n) is 5.55. The van der Waals surface area contributed by atoms with Gasteiger partial charge in [-0.25, -0.2) is 4.39 Å². The summed E-state index contributed by atoms with van der Waals surface area (Å²) in [5.74, 6) is -1.14. The number of halogens is 1. The van der Waals surface area contributed by atoms with Gasteiger partial charge in [0.15, 0.2) is 11.4 Å². The van der Waals surface area contributed by atoms with E-state index in [1.54, 1.807) is 19.2 Å².